The Hall–Kier alpha value is -7.42. The number of anilines is 3. The summed E-state index contributed by atoms with van der Waals surface area (Å²) in [6, 6.07) is 76.4. The van der Waals surface area contributed by atoms with Gasteiger partial charge in [0, 0.05) is 27.9 Å². The largest absolute Gasteiger partial charge is 0.456 e. The van der Waals surface area contributed by atoms with Crippen LogP contribution in [0.5, 0.6) is 11.5 Å². The Kier molecular flexibility index (Phi) is 7.53. The Morgan fingerprint density at radius 3 is 1.66 bits per heavy atom. The first-order chi connectivity index (χ1) is 27.8. The standard InChI is InChI=1S/C54H35NO/c1-3-13-36(14-4-1)38-23-27-42(28-24-38)55(51-34-40-17-7-8-18-44(40)46-19-9-11-21-48(46)51)43-29-32-52-50(35-43)47-20-10-12-22-49(47)54-45-30-25-39(37-15-5-2-6-16-37)33-41(45)26-31-53(54)56-52/h1-35H. The van der Waals surface area contributed by atoms with Gasteiger partial charge in [-0.3, -0.25) is 0 Å². The van der Waals surface area contributed by atoms with Gasteiger partial charge in [0.1, 0.15) is 11.5 Å². The summed E-state index contributed by atoms with van der Waals surface area (Å²) in [7, 11) is 0. The molecule has 0 bridgehead atoms. The van der Waals surface area contributed by atoms with E-state index in [1.165, 1.54) is 54.6 Å². The summed E-state index contributed by atoms with van der Waals surface area (Å²) >= 11 is 0. The number of hydrogen-bond donors (Lipinski definition) is 0. The molecule has 262 valence electrons. The van der Waals surface area contributed by atoms with Crippen LogP contribution in [0.15, 0.2) is 212 Å². The Morgan fingerprint density at radius 1 is 0.304 bits per heavy atom. The van der Waals surface area contributed by atoms with Crippen molar-refractivity contribution >= 4 is 49.4 Å². The summed E-state index contributed by atoms with van der Waals surface area (Å²) in [5, 5.41) is 7.23. The number of benzene rings is 10. The van der Waals surface area contributed by atoms with Gasteiger partial charge in [0.25, 0.3) is 0 Å². The van der Waals surface area contributed by atoms with Crippen LogP contribution in [0.25, 0.3) is 76.8 Å². The number of fused-ring (bicyclic) bond motifs is 10. The van der Waals surface area contributed by atoms with Crippen molar-refractivity contribution in [2.75, 3.05) is 4.90 Å². The number of rotatable bonds is 5. The Labute approximate surface area is 326 Å². The third kappa shape index (κ3) is 5.34. The molecule has 0 aromatic heterocycles. The molecule has 1 heterocycles. The molecule has 0 unspecified atom stereocenters. The molecule has 0 fully saturated rings. The molecule has 2 heteroatoms. The van der Waals surface area contributed by atoms with Crippen LogP contribution in [0.2, 0.25) is 0 Å². The maximum absolute atomic E-state index is 6.93. The zero-order valence-electron chi connectivity index (χ0n) is 30.6. The molecule has 0 saturated heterocycles. The lowest BCUT2D eigenvalue weighted by molar-refractivity contribution is 0.488. The average molecular weight is 714 g/mol. The van der Waals surface area contributed by atoms with Crippen molar-refractivity contribution < 1.29 is 4.74 Å². The zero-order chi connectivity index (χ0) is 37.0. The van der Waals surface area contributed by atoms with Gasteiger partial charge in [0.05, 0.1) is 5.69 Å². The van der Waals surface area contributed by atoms with Crippen LogP contribution in [0.3, 0.4) is 0 Å². The predicted octanol–water partition coefficient (Wildman–Crippen LogP) is 15.4. The van der Waals surface area contributed by atoms with E-state index in [1.807, 2.05) is 0 Å². The summed E-state index contributed by atoms with van der Waals surface area (Å²) in [5.74, 6) is 1.70. The van der Waals surface area contributed by atoms with Gasteiger partial charge in [-0.2, -0.15) is 0 Å². The van der Waals surface area contributed by atoms with Crippen molar-refractivity contribution in [2.45, 2.75) is 0 Å². The van der Waals surface area contributed by atoms with E-state index in [-0.39, 0.29) is 0 Å². The summed E-state index contributed by atoms with van der Waals surface area (Å²) < 4.78 is 6.93. The molecule has 0 atom stereocenters. The molecule has 0 spiro atoms. The smallest absolute Gasteiger partial charge is 0.135 e. The van der Waals surface area contributed by atoms with Gasteiger partial charge in [0.15, 0.2) is 0 Å². The molecule has 10 aromatic rings. The van der Waals surface area contributed by atoms with E-state index < -0.39 is 0 Å². The van der Waals surface area contributed by atoms with Crippen molar-refractivity contribution in [3.05, 3.63) is 212 Å². The minimum Gasteiger partial charge on any atom is -0.456 e. The first-order valence-corrected chi connectivity index (χ1v) is 19.2. The van der Waals surface area contributed by atoms with Gasteiger partial charge in [-0.15, -0.1) is 0 Å². The van der Waals surface area contributed by atoms with E-state index in [1.54, 1.807) is 0 Å². The van der Waals surface area contributed by atoms with E-state index >= 15 is 0 Å². The maximum atomic E-state index is 6.93. The van der Waals surface area contributed by atoms with Gasteiger partial charge in [0.2, 0.25) is 0 Å². The van der Waals surface area contributed by atoms with E-state index in [0.29, 0.717) is 0 Å². The Bertz CT molecular complexity index is 3100. The van der Waals surface area contributed by atoms with Crippen molar-refractivity contribution in [2.24, 2.45) is 0 Å². The second kappa shape index (κ2) is 13.2. The SMILES string of the molecule is c1ccc(-c2ccc(N(c3ccc4c(c3)-c3ccccc3-c3c(ccc5cc(-c6ccccc6)ccc35)O4)c3cc4ccccc4c4ccccc34)cc2)cc1. The van der Waals surface area contributed by atoms with E-state index in [9.17, 15) is 0 Å². The van der Waals surface area contributed by atoms with Crippen molar-refractivity contribution in [1.29, 1.82) is 0 Å². The first-order valence-electron chi connectivity index (χ1n) is 19.2. The molecule has 10 aromatic carbocycles. The molecule has 56 heavy (non-hydrogen) atoms. The van der Waals surface area contributed by atoms with Crippen LogP contribution in [0.4, 0.5) is 17.1 Å². The van der Waals surface area contributed by atoms with E-state index in [4.69, 9.17) is 4.74 Å². The zero-order valence-corrected chi connectivity index (χ0v) is 30.6. The quantitative estimate of drug-likeness (QED) is 0.165. The lowest BCUT2D eigenvalue weighted by atomic mass is 9.90. The van der Waals surface area contributed by atoms with E-state index in [2.05, 4.69) is 217 Å². The minimum absolute atomic E-state index is 0.836. The van der Waals surface area contributed by atoms with Crippen LogP contribution < -0.4 is 9.64 Å². The lowest BCUT2D eigenvalue weighted by Gasteiger charge is -2.28. The van der Waals surface area contributed by atoms with Crippen LogP contribution in [0.1, 0.15) is 0 Å². The molecule has 2 nitrogen and oxygen atoms in total. The van der Waals surface area contributed by atoms with Crippen LogP contribution in [-0.2, 0) is 0 Å². The third-order valence-corrected chi connectivity index (χ3v) is 11.2. The maximum Gasteiger partial charge on any atom is 0.135 e. The fraction of sp³-hybridized carbons (Fsp3) is 0. The highest BCUT2D eigenvalue weighted by atomic mass is 16.5. The summed E-state index contributed by atoms with van der Waals surface area (Å²) in [6.07, 6.45) is 0. The van der Waals surface area contributed by atoms with Crippen LogP contribution in [0, 0.1) is 0 Å². The number of nitrogens with zero attached hydrogens (tertiary/aromatic N) is 1. The predicted molar refractivity (Wildman–Crippen MR) is 235 cm³/mol. The van der Waals surface area contributed by atoms with Crippen LogP contribution >= 0.6 is 0 Å². The van der Waals surface area contributed by atoms with Crippen molar-refractivity contribution in [3.8, 4) is 56.0 Å². The fourth-order valence-electron chi connectivity index (χ4n) is 8.57. The second-order valence-corrected chi connectivity index (χ2v) is 14.5. The molecule has 1 aliphatic heterocycles. The molecule has 0 aliphatic carbocycles. The molecule has 11 rings (SSSR count). The minimum atomic E-state index is 0.836. The second-order valence-electron chi connectivity index (χ2n) is 14.5. The first kappa shape index (κ1) is 32.0. The van der Waals surface area contributed by atoms with Gasteiger partial charge in [-0.05, 0) is 109 Å². The van der Waals surface area contributed by atoms with Crippen LogP contribution in [-0.4, -0.2) is 0 Å². The highest BCUT2D eigenvalue weighted by Crippen LogP contribution is 2.52. The molecule has 0 amide bonds. The lowest BCUT2D eigenvalue weighted by Crippen LogP contribution is -2.11. The summed E-state index contributed by atoms with van der Waals surface area (Å²) in [4.78, 5) is 2.41. The van der Waals surface area contributed by atoms with Gasteiger partial charge in [-0.1, -0.05) is 164 Å². The molecular formula is C54H35NO. The van der Waals surface area contributed by atoms with E-state index in [0.717, 1.165) is 50.8 Å². The molecular weight excluding hydrogens is 679 g/mol. The number of ether oxygens (including phenoxy) is 1. The summed E-state index contributed by atoms with van der Waals surface area (Å²) in [5.41, 5.74) is 12.5. The Balaban J connectivity index is 1.11. The summed E-state index contributed by atoms with van der Waals surface area (Å²) in [6.45, 7) is 0. The monoisotopic (exact) mass is 713 g/mol. The molecule has 1 aliphatic rings. The molecule has 0 N–H and O–H groups in total. The van der Waals surface area contributed by atoms with Gasteiger partial charge < -0.3 is 9.64 Å². The normalized spacial score (nSPS) is 11.7. The highest BCUT2D eigenvalue weighted by Gasteiger charge is 2.25. The number of hydrogen-bond acceptors (Lipinski definition) is 2. The van der Waals surface area contributed by atoms with Crippen molar-refractivity contribution in [3.63, 3.8) is 0 Å². The molecule has 0 radical (unpaired) electrons. The van der Waals surface area contributed by atoms with Gasteiger partial charge in [-0.25, -0.2) is 0 Å². The third-order valence-electron chi connectivity index (χ3n) is 11.2. The Morgan fingerprint density at radius 2 is 0.875 bits per heavy atom. The van der Waals surface area contributed by atoms with Crippen molar-refractivity contribution in [1.82, 2.24) is 0 Å². The fourth-order valence-corrected chi connectivity index (χ4v) is 8.57. The van der Waals surface area contributed by atoms with Gasteiger partial charge >= 0.3 is 0 Å². The average Bonchev–Trinajstić information content (AvgIpc) is 3.42. The highest BCUT2D eigenvalue weighted by molar-refractivity contribution is 6.15. The molecule has 0 saturated carbocycles. The topological polar surface area (TPSA) is 12.5 Å².